The Hall–Kier alpha value is -2.61. The van der Waals surface area contributed by atoms with E-state index >= 15 is 0 Å². The normalized spacial score (nSPS) is 15.8. The zero-order chi connectivity index (χ0) is 18.7. The summed E-state index contributed by atoms with van der Waals surface area (Å²) < 4.78 is 8.26. The van der Waals surface area contributed by atoms with Gasteiger partial charge in [0.15, 0.2) is 0 Å². The van der Waals surface area contributed by atoms with Gasteiger partial charge in [0.1, 0.15) is 17.7 Å². The smallest absolute Gasteiger partial charge is 0.332 e. The molecule has 0 amide bonds. The molecule has 1 N–H and O–H groups in total. The Morgan fingerprint density at radius 2 is 1.88 bits per heavy atom. The number of rotatable bonds is 7. The van der Waals surface area contributed by atoms with Crippen LogP contribution >= 0.6 is 0 Å². The molecule has 3 rings (SSSR count). The van der Waals surface area contributed by atoms with Crippen molar-refractivity contribution < 1.29 is 4.74 Å². The molecule has 8 heteroatoms. The second-order valence-corrected chi connectivity index (χ2v) is 6.45. The molecule has 3 heterocycles. The van der Waals surface area contributed by atoms with E-state index in [1.54, 1.807) is 19.4 Å². The molecule has 0 aliphatic carbocycles. The number of pyridine rings is 1. The van der Waals surface area contributed by atoms with Crippen LogP contribution in [0.5, 0.6) is 0 Å². The van der Waals surface area contributed by atoms with Crippen LogP contribution in [-0.4, -0.2) is 33.5 Å². The molecule has 1 unspecified atom stereocenters. The van der Waals surface area contributed by atoms with Crippen LogP contribution in [0.1, 0.15) is 25.3 Å². The molecular formula is C18H25N5O3. The molecule has 1 aliphatic heterocycles. The minimum atomic E-state index is -0.340. The van der Waals surface area contributed by atoms with Crippen molar-refractivity contribution in [2.45, 2.75) is 32.5 Å². The molecule has 1 atom stereocenters. The van der Waals surface area contributed by atoms with Crippen molar-refractivity contribution in [2.24, 2.45) is 14.1 Å². The summed E-state index contributed by atoms with van der Waals surface area (Å²) in [7, 11) is 3.18. The number of hydrogen-bond donors (Lipinski definition) is 1. The number of aromatic nitrogens is 3. The number of nitrogens with one attached hydrogen (secondary N) is 1. The predicted molar refractivity (Wildman–Crippen MR) is 100 cm³/mol. The fourth-order valence-electron chi connectivity index (χ4n) is 3.19. The van der Waals surface area contributed by atoms with Crippen molar-refractivity contribution in [3.05, 3.63) is 50.9 Å². The number of anilines is 2. The lowest BCUT2D eigenvalue weighted by molar-refractivity contribution is 0.129. The molecular weight excluding hydrogens is 334 g/mol. The van der Waals surface area contributed by atoms with Crippen LogP contribution in [0.4, 0.5) is 11.5 Å². The van der Waals surface area contributed by atoms with Crippen molar-refractivity contribution in [3.8, 4) is 0 Å². The van der Waals surface area contributed by atoms with Crippen LogP contribution < -0.4 is 21.5 Å². The van der Waals surface area contributed by atoms with Gasteiger partial charge in [0.05, 0.1) is 6.61 Å². The van der Waals surface area contributed by atoms with Gasteiger partial charge < -0.3 is 15.0 Å². The maximum Gasteiger partial charge on any atom is 0.332 e. The van der Waals surface area contributed by atoms with Crippen LogP contribution in [0.15, 0.2) is 34.1 Å². The third-order valence-corrected chi connectivity index (χ3v) is 4.59. The molecule has 8 nitrogen and oxygen atoms in total. The maximum atomic E-state index is 12.8. The first-order valence-corrected chi connectivity index (χ1v) is 8.84. The highest BCUT2D eigenvalue weighted by atomic mass is 16.5. The average molecular weight is 359 g/mol. The minimum Gasteiger partial charge on any atom is -0.381 e. The summed E-state index contributed by atoms with van der Waals surface area (Å²) in [5.74, 6) is 0.563. The Balaban J connectivity index is 1.96. The topological polar surface area (TPSA) is 81.4 Å². The lowest BCUT2D eigenvalue weighted by Gasteiger charge is -2.26. The number of fused-ring (bicyclic) bond motifs is 1. The summed E-state index contributed by atoms with van der Waals surface area (Å²) in [4.78, 5) is 31.1. The SMILES string of the molecule is CCCOCCC1Nc2c(c(=O)n(C)c(=O)n2C)N1Cc1ccncc1. The van der Waals surface area contributed by atoms with Crippen molar-refractivity contribution in [1.29, 1.82) is 0 Å². The van der Waals surface area contributed by atoms with E-state index in [0.29, 0.717) is 37.7 Å². The van der Waals surface area contributed by atoms with Crippen LogP contribution in [0.25, 0.3) is 0 Å². The van der Waals surface area contributed by atoms with Gasteiger partial charge in [-0.2, -0.15) is 0 Å². The highest BCUT2D eigenvalue weighted by Gasteiger charge is 2.34. The molecule has 0 aromatic carbocycles. The molecule has 0 fully saturated rings. The van der Waals surface area contributed by atoms with Gasteiger partial charge >= 0.3 is 5.69 Å². The van der Waals surface area contributed by atoms with E-state index in [4.69, 9.17) is 4.74 Å². The van der Waals surface area contributed by atoms with Gasteiger partial charge in [0.25, 0.3) is 5.56 Å². The van der Waals surface area contributed by atoms with Gasteiger partial charge in [-0.15, -0.1) is 0 Å². The minimum absolute atomic E-state index is 0.115. The molecule has 0 saturated carbocycles. The first-order valence-electron chi connectivity index (χ1n) is 8.84. The first-order chi connectivity index (χ1) is 12.5. The molecule has 0 radical (unpaired) electrons. The molecule has 2 aromatic rings. The van der Waals surface area contributed by atoms with Crippen molar-refractivity contribution in [3.63, 3.8) is 0 Å². The Kier molecular flexibility index (Phi) is 5.41. The summed E-state index contributed by atoms with van der Waals surface area (Å²) in [5, 5.41) is 3.34. The summed E-state index contributed by atoms with van der Waals surface area (Å²) in [6, 6.07) is 3.85. The third-order valence-electron chi connectivity index (χ3n) is 4.59. The molecule has 2 aromatic heterocycles. The van der Waals surface area contributed by atoms with Crippen LogP contribution in [0, 0.1) is 0 Å². The van der Waals surface area contributed by atoms with Gasteiger partial charge in [0.2, 0.25) is 0 Å². The number of nitrogens with zero attached hydrogens (tertiary/aromatic N) is 4. The van der Waals surface area contributed by atoms with E-state index in [0.717, 1.165) is 16.6 Å². The molecule has 0 bridgehead atoms. The molecule has 1 aliphatic rings. The highest BCUT2D eigenvalue weighted by Crippen LogP contribution is 2.32. The van der Waals surface area contributed by atoms with Crippen LogP contribution in [-0.2, 0) is 25.4 Å². The van der Waals surface area contributed by atoms with Gasteiger partial charge in [0, 0.05) is 46.1 Å². The zero-order valence-corrected chi connectivity index (χ0v) is 15.4. The van der Waals surface area contributed by atoms with E-state index in [-0.39, 0.29) is 17.4 Å². The number of ether oxygens (including phenoxy) is 1. The van der Waals surface area contributed by atoms with Gasteiger partial charge in [-0.05, 0) is 24.1 Å². The fraction of sp³-hybridized carbons (Fsp3) is 0.500. The monoisotopic (exact) mass is 359 g/mol. The second kappa shape index (κ2) is 7.74. The summed E-state index contributed by atoms with van der Waals surface area (Å²) >= 11 is 0. The third kappa shape index (κ3) is 3.37. The Labute approximate surface area is 152 Å². The lowest BCUT2D eigenvalue weighted by atomic mass is 10.2. The molecule has 26 heavy (non-hydrogen) atoms. The van der Waals surface area contributed by atoms with Crippen LogP contribution in [0.2, 0.25) is 0 Å². The van der Waals surface area contributed by atoms with Gasteiger partial charge in [-0.25, -0.2) is 4.79 Å². The zero-order valence-electron chi connectivity index (χ0n) is 15.4. The largest absolute Gasteiger partial charge is 0.381 e. The first kappa shape index (κ1) is 18.2. The fourth-order valence-corrected chi connectivity index (χ4v) is 3.19. The van der Waals surface area contributed by atoms with Crippen molar-refractivity contribution in [1.82, 2.24) is 14.1 Å². The van der Waals surface area contributed by atoms with Crippen LogP contribution in [0.3, 0.4) is 0 Å². The second-order valence-electron chi connectivity index (χ2n) is 6.45. The molecule has 0 spiro atoms. The predicted octanol–water partition coefficient (Wildman–Crippen LogP) is 1.05. The Morgan fingerprint density at radius 3 is 2.58 bits per heavy atom. The molecule has 140 valence electrons. The highest BCUT2D eigenvalue weighted by molar-refractivity contribution is 5.71. The quantitative estimate of drug-likeness (QED) is 0.745. The Bertz CT molecular complexity index is 875. The summed E-state index contributed by atoms with van der Waals surface area (Å²) in [6.07, 6.45) is 5.02. The summed E-state index contributed by atoms with van der Waals surface area (Å²) in [6.45, 7) is 3.91. The number of hydrogen-bond acceptors (Lipinski definition) is 6. The maximum absolute atomic E-state index is 12.8. The van der Waals surface area contributed by atoms with Gasteiger partial charge in [-0.3, -0.25) is 18.9 Å². The van der Waals surface area contributed by atoms with E-state index in [1.165, 1.54) is 11.6 Å². The average Bonchev–Trinajstić information content (AvgIpc) is 3.01. The van der Waals surface area contributed by atoms with E-state index in [1.807, 2.05) is 17.0 Å². The van der Waals surface area contributed by atoms with Gasteiger partial charge in [-0.1, -0.05) is 6.92 Å². The Morgan fingerprint density at radius 1 is 1.15 bits per heavy atom. The van der Waals surface area contributed by atoms with E-state index in [2.05, 4.69) is 17.2 Å². The molecule has 0 saturated heterocycles. The van der Waals surface area contributed by atoms with E-state index in [9.17, 15) is 9.59 Å². The summed E-state index contributed by atoms with van der Waals surface area (Å²) in [5.41, 5.74) is 0.937. The van der Waals surface area contributed by atoms with Crippen molar-refractivity contribution >= 4 is 11.5 Å². The standard InChI is InChI=1S/C18H25N5O3/c1-4-10-26-11-7-14-20-16-15(17(24)22(3)18(25)21(16)2)23(14)12-13-5-8-19-9-6-13/h5-6,8-9,14,20H,4,7,10-12H2,1-3H3. The lowest BCUT2D eigenvalue weighted by Crippen LogP contribution is -2.41. The van der Waals surface area contributed by atoms with E-state index < -0.39 is 0 Å². The van der Waals surface area contributed by atoms with Crippen molar-refractivity contribution in [2.75, 3.05) is 23.4 Å².